The van der Waals surface area contributed by atoms with E-state index in [1.165, 1.54) is 17.7 Å². The summed E-state index contributed by atoms with van der Waals surface area (Å²) < 4.78 is 1.73. The highest BCUT2D eigenvalue weighted by molar-refractivity contribution is 7.14. The van der Waals surface area contributed by atoms with Crippen molar-refractivity contribution in [2.45, 2.75) is 0 Å². The van der Waals surface area contributed by atoms with Gasteiger partial charge in [0.1, 0.15) is 17.8 Å². The number of hydrogen-bond acceptors (Lipinski definition) is 6. The number of rotatable bonds is 4. The Bertz CT molecular complexity index is 1180. The Hall–Kier alpha value is -3.72. The molecular weight excluding hydrogens is 376 g/mol. The third-order valence-corrected chi connectivity index (χ3v) is 4.95. The molecule has 2 amide bonds. The molecule has 0 saturated heterocycles. The Labute approximate surface area is 164 Å². The summed E-state index contributed by atoms with van der Waals surface area (Å²) in [5.41, 5.74) is 7.89. The number of nitrogens with two attached hydrogens (primary N) is 1. The smallest absolute Gasteiger partial charge is 0.324 e. The van der Waals surface area contributed by atoms with Gasteiger partial charge in [0.15, 0.2) is 5.78 Å². The number of anilines is 3. The highest BCUT2D eigenvalue weighted by Gasteiger charge is 2.19. The average Bonchev–Trinajstić information content (AvgIpc) is 3.30. The van der Waals surface area contributed by atoms with Crippen molar-refractivity contribution in [1.29, 1.82) is 0 Å². The monoisotopic (exact) mass is 392 g/mol. The van der Waals surface area contributed by atoms with E-state index in [1.54, 1.807) is 48.1 Å². The number of nitrogens with zero attached hydrogens (tertiary/aromatic N) is 3. The molecule has 0 fully saturated rings. The molecule has 3 aromatic heterocycles. The second-order valence-corrected chi connectivity index (χ2v) is 7.03. The van der Waals surface area contributed by atoms with Crippen LogP contribution in [0.2, 0.25) is 0 Å². The molecule has 8 nitrogen and oxygen atoms in total. The summed E-state index contributed by atoms with van der Waals surface area (Å²) in [7, 11) is 1.79. The number of hydrogen-bond donors (Lipinski definition) is 3. The zero-order chi connectivity index (χ0) is 19.7. The third kappa shape index (κ3) is 3.30. The van der Waals surface area contributed by atoms with E-state index in [4.69, 9.17) is 5.73 Å². The second-order valence-electron chi connectivity index (χ2n) is 6.08. The molecule has 0 atom stereocenters. The fourth-order valence-electron chi connectivity index (χ4n) is 2.92. The van der Waals surface area contributed by atoms with Crippen molar-refractivity contribution in [1.82, 2.24) is 14.5 Å². The lowest BCUT2D eigenvalue weighted by Gasteiger charge is -2.08. The summed E-state index contributed by atoms with van der Waals surface area (Å²) in [5.74, 6) is 0.0213. The van der Waals surface area contributed by atoms with Crippen LogP contribution in [-0.4, -0.2) is 26.3 Å². The number of nitrogens with one attached hydrogen (secondary N) is 2. The van der Waals surface area contributed by atoms with E-state index in [2.05, 4.69) is 20.6 Å². The topological polar surface area (TPSA) is 115 Å². The average molecular weight is 392 g/mol. The molecule has 1 aromatic carbocycles. The molecule has 28 heavy (non-hydrogen) atoms. The molecule has 4 rings (SSSR count). The zero-order valence-electron chi connectivity index (χ0n) is 14.8. The van der Waals surface area contributed by atoms with E-state index in [9.17, 15) is 9.59 Å². The molecule has 0 bridgehead atoms. The lowest BCUT2D eigenvalue weighted by atomic mass is 10.0. The number of benzene rings is 1. The SMILES string of the molecule is Cn1cc(C(=O)c2cccc(NC(=O)Nc3cccs3)c2)c2c(N)ncnc21. The van der Waals surface area contributed by atoms with Gasteiger partial charge in [0.2, 0.25) is 0 Å². The van der Waals surface area contributed by atoms with Crippen molar-refractivity contribution in [3.63, 3.8) is 0 Å². The van der Waals surface area contributed by atoms with Gasteiger partial charge >= 0.3 is 6.03 Å². The number of aromatic nitrogens is 3. The number of carbonyl (C=O) groups excluding carboxylic acids is 2. The first-order chi connectivity index (χ1) is 13.5. The Morgan fingerprint density at radius 1 is 1.14 bits per heavy atom. The van der Waals surface area contributed by atoms with Crippen LogP contribution < -0.4 is 16.4 Å². The van der Waals surface area contributed by atoms with E-state index in [-0.39, 0.29) is 17.6 Å². The Balaban J connectivity index is 1.61. The van der Waals surface area contributed by atoms with Crippen molar-refractivity contribution < 1.29 is 9.59 Å². The van der Waals surface area contributed by atoms with Gasteiger partial charge in [-0.3, -0.25) is 10.1 Å². The first-order valence-corrected chi connectivity index (χ1v) is 9.22. The Kier molecular flexibility index (Phi) is 4.50. The van der Waals surface area contributed by atoms with Gasteiger partial charge in [-0.15, -0.1) is 11.3 Å². The van der Waals surface area contributed by atoms with Crippen LogP contribution in [0.1, 0.15) is 15.9 Å². The largest absolute Gasteiger partial charge is 0.383 e. The molecule has 140 valence electrons. The minimum Gasteiger partial charge on any atom is -0.383 e. The molecule has 4 aromatic rings. The molecule has 0 aliphatic carbocycles. The van der Waals surface area contributed by atoms with Gasteiger partial charge in [-0.05, 0) is 29.6 Å². The predicted octanol–water partition coefficient (Wildman–Crippen LogP) is 3.49. The van der Waals surface area contributed by atoms with Gasteiger partial charge in [0.05, 0.1) is 16.0 Å². The molecule has 9 heteroatoms. The minimum absolute atomic E-state index is 0.227. The van der Waals surface area contributed by atoms with Crippen LogP contribution in [0.4, 0.5) is 21.3 Å². The molecule has 4 N–H and O–H groups in total. The van der Waals surface area contributed by atoms with Gasteiger partial charge < -0.3 is 15.6 Å². The van der Waals surface area contributed by atoms with Crippen LogP contribution >= 0.6 is 11.3 Å². The molecular formula is C19H16N6O2S. The lowest BCUT2D eigenvalue weighted by molar-refractivity contribution is 0.104. The molecule has 3 heterocycles. The van der Waals surface area contributed by atoms with Crippen molar-refractivity contribution in [3.05, 3.63) is 65.4 Å². The maximum atomic E-state index is 13.1. The highest BCUT2D eigenvalue weighted by Crippen LogP contribution is 2.26. The molecule has 0 unspecified atom stereocenters. The quantitative estimate of drug-likeness (QED) is 0.460. The standard InChI is InChI=1S/C19H16N6O2S/c1-25-9-13(15-17(20)21-10-22-18(15)25)16(26)11-4-2-5-12(8-11)23-19(27)24-14-6-3-7-28-14/h2-10H,1H3,(H2,20,21,22)(H2,23,24,27). The van der Waals surface area contributed by atoms with E-state index < -0.39 is 0 Å². The summed E-state index contributed by atoms with van der Waals surface area (Å²) in [5, 5.41) is 8.58. The minimum atomic E-state index is -0.380. The number of fused-ring (bicyclic) bond motifs is 1. The summed E-state index contributed by atoms with van der Waals surface area (Å²) in [6.07, 6.45) is 3.05. The first kappa shape index (κ1) is 17.7. The zero-order valence-corrected chi connectivity index (χ0v) is 15.7. The first-order valence-electron chi connectivity index (χ1n) is 8.34. The third-order valence-electron chi connectivity index (χ3n) is 4.17. The summed E-state index contributed by atoms with van der Waals surface area (Å²) in [6, 6.07) is 9.99. The number of amides is 2. The molecule has 0 spiro atoms. The lowest BCUT2D eigenvalue weighted by Crippen LogP contribution is -2.19. The van der Waals surface area contributed by atoms with Gasteiger partial charge in [0, 0.05) is 24.5 Å². The van der Waals surface area contributed by atoms with Gasteiger partial charge in [-0.25, -0.2) is 14.8 Å². The van der Waals surface area contributed by atoms with Crippen molar-refractivity contribution >= 4 is 50.7 Å². The number of carbonyl (C=O) groups is 2. The van der Waals surface area contributed by atoms with Crippen LogP contribution in [0.3, 0.4) is 0 Å². The number of ketones is 1. The van der Waals surface area contributed by atoms with Gasteiger partial charge in [-0.1, -0.05) is 12.1 Å². The van der Waals surface area contributed by atoms with E-state index in [0.717, 1.165) is 5.00 Å². The highest BCUT2D eigenvalue weighted by atomic mass is 32.1. The Morgan fingerprint density at radius 2 is 2.00 bits per heavy atom. The van der Waals surface area contributed by atoms with Crippen LogP contribution in [0.25, 0.3) is 11.0 Å². The van der Waals surface area contributed by atoms with Crippen LogP contribution in [-0.2, 0) is 7.05 Å². The number of nitrogen functional groups attached to an aromatic ring is 1. The number of urea groups is 1. The normalized spacial score (nSPS) is 10.8. The predicted molar refractivity (Wildman–Crippen MR) is 110 cm³/mol. The number of thiophene rings is 1. The van der Waals surface area contributed by atoms with E-state index in [1.807, 2.05) is 11.4 Å². The molecule has 0 radical (unpaired) electrons. The van der Waals surface area contributed by atoms with Gasteiger partial charge in [-0.2, -0.15) is 0 Å². The summed E-state index contributed by atoms with van der Waals surface area (Å²) >= 11 is 1.42. The van der Waals surface area contributed by atoms with Crippen LogP contribution in [0.5, 0.6) is 0 Å². The fourth-order valence-corrected chi connectivity index (χ4v) is 3.54. The van der Waals surface area contributed by atoms with Crippen LogP contribution in [0.15, 0.2) is 54.3 Å². The maximum Gasteiger partial charge on any atom is 0.324 e. The molecule has 0 aliphatic rings. The molecule has 0 aliphatic heterocycles. The Morgan fingerprint density at radius 3 is 2.79 bits per heavy atom. The van der Waals surface area contributed by atoms with Crippen molar-refractivity contribution in [2.24, 2.45) is 7.05 Å². The second kappa shape index (κ2) is 7.12. The summed E-state index contributed by atoms with van der Waals surface area (Å²) in [6.45, 7) is 0. The maximum absolute atomic E-state index is 13.1. The summed E-state index contributed by atoms with van der Waals surface area (Å²) in [4.78, 5) is 33.4. The fraction of sp³-hybridized carbons (Fsp3) is 0.0526. The van der Waals surface area contributed by atoms with Crippen molar-refractivity contribution in [2.75, 3.05) is 16.4 Å². The molecule has 0 saturated carbocycles. The van der Waals surface area contributed by atoms with E-state index in [0.29, 0.717) is 27.8 Å². The van der Waals surface area contributed by atoms with Crippen molar-refractivity contribution in [3.8, 4) is 0 Å². The van der Waals surface area contributed by atoms with Crippen LogP contribution in [0, 0.1) is 0 Å². The number of aryl methyl sites for hydroxylation is 1. The van der Waals surface area contributed by atoms with E-state index >= 15 is 0 Å². The van der Waals surface area contributed by atoms with Gasteiger partial charge in [0.25, 0.3) is 0 Å².